The normalized spacial score (nSPS) is 10.2. The molecule has 0 fully saturated rings. The lowest BCUT2D eigenvalue weighted by Crippen LogP contribution is -2.14. The van der Waals surface area contributed by atoms with Gasteiger partial charge in [0.15, 0.2) is 5.76 Å². The van der Waals surface area contributed by atoms with Crippen LogP contribution in [0.4, 0.5) is 5.69 Å². The van der Waals surface area contributed by atoms with Crippen LogP contribution < -0.4 is 10.1 Å². The summed E-state index contributed by atoms with van der Waals surface area (Å²) in [5.41, 5.74) is 0.132. The van der Waals surface area contributed by atoms with Gasteiger partial charge < -0.3 is 19.6 Å². The van der Waals surface area contributed by atoms with Gasteiger partial charge in [0.2, 0.25) is 0 Å². The zero-order chi connectivity index (χ0) is 15.4. The molecule has 0 atom stereocenters. The minimum Gasteiger partial charge on any atom is -0.497 e. The molecule has 0 spiro atoms. The summed E-state index contributed by atoms with van der Waals surface area (Å²) in [4.78, 5) is 23.3. The Hall–Kier alpha value is -2.76. The molecule has 21 heavy (non-hydrogen) atoms. The van der Waals surface area contributed by atoms with Gasteiger partial charge in [0, 0.05) is 6.42 Å². The van der Waals surface area contributed by atoms with E-state index in [1.54, 1.807) is 18.2 Å². The maximum atomic E-state index is 12.0. The van der Waals surface area contributed by atoms with E-state index in [2.05, 4.69) is 5.32 Å². The number of nitrogens with one attached hydrogen (secondary N) is 1. The number of aromatic carboxylic acids is 1. The number of carboxylic acids is 1. The third-order valence-corrected chi connectivity index (χ3v) is 2.94. The number of carbonyl (C=O) groups excluding carboxylic acids is 1. The number of aryl methyl sites for hydroxylation is 1. The van der Waals surface area contributed by atoms with Crippen LogP contribution in [0.15, 0.2) is 34.7 Å². The molecule has 0 aliphatic carbocycles. The highest BCUT2D eigenvalue weighted by Gasteiger charge is 2.16. The van der Waals surface area contributed by atoms with Crippen LogP contribution in [0.25, 0.3) is 0 Å². The van der Waals surface area contributed by atoms with Crippen LogP contribution in [0, 0.1) is 0 Å². The fourth-order valence-electron chi connectivity index (χ4n) is 1.81. The molecule has 1 amide bonds. The quantitative estimate of drug-likeness (QED) is 0.883. The van der Waals surface area contributed by atoms with Gasteiger partial charge in [0.25, 0.3) is 5.91 Å². The molecular weight excluding hydrogens is 274 g/mol. The predicted molar refractivity (Wildman–Crippen MR) is 76.0 cm³/mol. The second-order valence-electron chi connectivity index (χ2n) is 4.29. The van der Waals surface area contributed by atoms with Crippen LogP contribution in [0.1, 0.15) is 33.6 Å². The summed E-state index contributed by atoms with van der Waals surface area (Å²) in [7, 11) is 1.44. The summed E-state index contributed by atoms with van der Waals surface area (Å²) in [5, 5.41) is 11.7. The zero-order valence-corrected chi connectivity index (χ0v) is 11.7. The Morgan fingerprint density at radius 2 is 2.05 bits per heavy atom. The molecule has 1 aromatic heterocycles. The van der Waals surface area contributed by atoms with Crippen LogP contribution in [0.3, 0.4) is 0 Å². The molecule has 2 N–H and O–H groups in total. The Balaban J connectivity index is 2.26. The van der Waals surface area contributed by atoms with E-state index in [0.717, 1.165) is 0 Å². The number of amides is 1. The largest absolute Gasteiger partial charge is 0.497 e. The van der Waals surface area contributed by atoms with Crippen molar-refractivity contribution in [2.45, 2.75) is 13.3 Å². The number of carbonyl (C=O) groups is 2. The summed E-state index contributed by atoms with van der Waals surface area (Å²) in [6.45, 7) is 1.91. The van der Waals surface area contributed by atoms with Crippen molar-refractivity contribution in [3.63, 3.8) is 0 Å². The van der Waals surface area contributed by atoms with Crippen molar-refractivity contribution in [3.8, 4) is 5.75 Å². The Bertz CT molecular complexity index is 674. The van der Waals surface area contributed by atoms with Crippen molar-refractivity contribution in [2.75, 3.05) is 12.4 Å². The van der Waals surface area contributed by atoms with Crippen LogP contribution in [0.2, 0.25) is 0 Å². The van der Waals surface area contributed by atoms with Crippen molar-refractivity contribution in [1.82, 2.24) is 0 Å². The Kier molecular flexibility index (Phi) is 4.27. The van der Waals surface area contributed by atoms with E-state index in [-0.39, 0.29) is 17.0 Å². The van der Waals surface area contributed by atoms with Gasteiger partial charge in [0.05, 0.1) is 18.4 Å². The highest BCUT2D eigenvalue weighted by atomic mass is 16.5. The first-order valence-electron chi connectivity index (χ1n) is 6.36. The van der Waals surface area contributed by atoms with E-state index >= 15 is 0 Å². The lowest BCUT2D eigenvalue weighted by Gasteiger charge is -2.09. The fourth-order valence-corrected chi connectivity index (χ4v) is 1.81. The average molecular weight is 289 g/mol. The van der Waals surface area contributed by atoms with Gasteiger partial charge in [-0.05, 0) is 30.3 Å². The van der Waals surface area contributed by atoms with Gasteiger partial charge in [-0.2, -0.15) is 0 Å². The first kappa shape index (κ1) is 14.6. The Morgan fingerprint density at radius 3 is 2.62 bits per heavy atom. The first-order chi connectivity index (χ1) is 10.0. The van der Waals surface area contributed by atoms with Gasteiger partial charge in [-0.3, -0.25) is 4.79 Å². The fraction of sp³-hybridized carbons (Fsp3) is 0.200. The number of ether oxygens (including phenoxy) is 1. The van der Waals surface area contributed by atoms with Gasteiger partial charge >= 0.3 is 5.97 Å². The van der Waals surface area contributed by atoms with Gasteiger partial charge in [-0.25, -0.2) is 4.79 Å². The van der Waals surface area contributed by atoms with E-state index in [4.69, 9.17) is 9.15 Å². The van der Waals surface area contributed by atoms with E-state index in [1.807, 2.05) is 6.92 Å². The molecule has 2 rings (SSSR count). The summed E-state index contributed by atoms with van der Waals surface area (Å²) in [6.07, 6.45) is 0.677. The van der Waals surface area contributed by atoms with Crippen molar-refractivity contribution < 1.29 is 23.8 Å². The highest BCUT2D eigenvalue weighted by Crippen LogP contribution is 2.23. The zero-order valence-electron chi connectivity index (χ0n) is 11.7. The number of methoxy groups -OCH3 is 1. The van der Waals surface area contributed by atoms with E-state index in [1.165, 1.54) is 19.2 Å². The predicted octanol–water partition coefficient (Wildman–Crippen LogP) is 2.80. The minimum absolute atomic E-state index is 0.0510. The molecule has 2 aromatic rings. The SMILES string of the molecule is CCc1ccc(C(=O)Nc2ccc(OC)cc2C(=O)O)o1. The monoisotopic (exact) mass is 289 g/mol. The number of hydrogen-bond donors (Lipinski definition) is 2. The average Bonchev–Trinajstić information content (AvgIpc) is 2.96. The summed E-state index contributed by atoms with van der Waals surface area (Å²) < 4.78 is 10.3. The molecule has 110 valence electrons. The Labute approximate surface area is 121 Å². The molecule has 0 unspecified atom stereocenters. The van der Waals surface area contributed by atoms with Gasteiger partial charge in [-0.15, -0.1) is 0 Å². The second-order valence-corrected chi connectivity index (χ2v) is 4.29. The smallest absolute Gasteiger partial charge is 0.337 e. The minimum atomic E-state index is -1.15. The molecule has 6 nitrogen and oxygen atoms in total. The van der Waals surface area contributed by atoms with Crippen LogP contribution in [-0.2, 0) is 6.42 Å². The maximum Gasteiger partial charge on any atom is 0.337 e. The molecule has 0 aliphatic rings. The number of anilines is 1. The van der Waals surface area contributed by atoms with Crippen molar-refractivity contribution in [1.29, 1.82) is 0 Å². The van der Waals surface area contributed by atoms with Crippen LogP contribution in [0.5, 0.6) is 5.75 Å². The van der Waals surface area contributed by atoms with Gasteiger partial charge in [-0.1, -0.05) is 6.92 Å². The molecule has 0 saturated heterocycles. The van der Waals surface area contributed by atoms with E-state index in [0.29, 0.717) is 17.9 Å². The first-order valence-corrected chi connectivity index (χ1v) is 6.36. The molecule has 0 saturated carbocycles. The third kappa shape index (κ3) is 3.22. The number of carboxylic acid groups (broad SMARTS) is 1. The number of benzene rings is 1. The molecule has 0 radical (unpaired) electrons. The Morgan fingerprint density at radius 1 is 1.29 bits per heavy atom. The van der Waals surface area contributed by atoms with Gasteiger partial charge in [0.1, 0.15) is 11.5 Å². The van der Waals surface area contributed by atoms with E-state index in [9.17, 15) is 14.7 Å². The summed E-state index contributed by atoms with van der Waals surface area (Å²) in [5.74, 6) is -0.427. The van der Waals surface area contributed by atoms with Crippen molar-refractivity contribution in [3.05, 3.63) is 47.4 Å². The number of hydrogen-bond acceptors (Lipinski definition) is 4. The van der Waals surface area contributed by atoms with E-state index < -0.39 is 11.9 Å². The van der Waals surface area contributed by atoms with Crippen molar-refractivity contribution >= 4 is 17.6 Å². The number of furan rings is 1. The standard InChI is InChI=1S/C15H15NO5/c1-3-9-5-7-13(21-9)14(17)16-12-6-4-10(20-2)8-11(12)15(18)19/h4-8H,3H2,1-2H3,(H,16,17)(H,18,19). The third-order valence-electron chi connectivity index (χ3n) is 2.94. The lowest BCUT2D eigenvalue weighted by molar-refractivity contribution is 0.0697. The molecular formula is C15H15NO5. The highest BCUT2D eigenvalue weighted by molar-refractivity contribution is 6.06. The molecule has 0 bridgehead atoms. The topological polar surface area (TPSA) is 88.8 Å². The van der Waals surface area contributed by atoms with Crippen molar-refractivity contribution in [2.24, 2.45) is 0 Å². The maximum absolute atomic E-state index is 12.0. The lowest BCUT2D eigenvalue weighted by atomic mass is 10.1. The summed E-state index contributed by atoms with van der Waals surface area (Å²) >= 11 is 0. The molecule has 1 heterocycles. The second kappa shape index (κ2) is 6.13. The molecule has 6 heteroatoms. The van der Waals surface area contributed by atoms with Crippen LogP contribution >= 0.6 is 0 Å². The molecule has 0 aliphatic heterocycles. The molecule has 1 aromatic carbocycles. The van der Waals surface area contributed by atoms with Crippen LogP contribution in [-0.4, -0.2) is 24.1 Å². The number of rotatable bonds is 5. The summed E-state index contributed by atoms with van der Waals surface area (Å²) in [6, 6.07) is 7.66.